The van der Waals surface area contributed by atoms with Crippen LogP contribution in [0.5, 0.6) is 0 Å². The number of rotatable bonds is 14. The molecule has 0 saturated carbocycles. The zero-order valence-electron chi connectivity index (χ0n) is 24.9. The van der Waals surface area contributed by atoms with E-state index in [0.717, 1.165) is 19.0 Å². The molecule has 1 N–H and O–H groups in total. The Balaban J connectivity index is 6.19. The Morgan fingerprint density at radius 1 is 0.750 bits per heavy atom. The summed E-state index contributed by atoms with van der Waals surface area (Å²) in [6, 6.07) is 1.13. The molecule has 0 aliphatic carbocycles. The largest absolute Gasteiger partial charge is 0.415 e. The molecule has 194 valence electrons. The number of hydrogen-bond donors (Lipinski definition) is 1. The predicted octanol–water partition coefficient (Wildman–Crippen LogP) is 6.94. The van der Waals surface area contributed by atoms with E-state index >= 15 is 0 Å². The third-order valence-electron chi connectivity index (χ3n) is 8.31. The highest BCUT2D eigenvalue weighted by Gasteiger charge is 2.59. The van der Waals surface area contributed by atoms with E-state index in [1.54, 1.807) is 0 Å². The second-order valence-electron chi connectivity index (χ2n) is 13.8. The van der Waals surface area contributed by atoms with Gasteiger partial charge in [-0.3, -0.25) is 0 Å². The first kappa shape index (κ1) is 32.7. The first-order valence-corrected chi connectivity index (χ1v) is 24.4. The van der Waals surface area contributed by atoms with Gasteiger partial charge in [0.1, 0.15) is 0 Å². The minimum atomic E-state index is -2.21. The van der Waals surface area contributed by atoms with Crippen LogP contribution in [0, 0.1) is 0 Å². The molecule has 0 rings (SSSR count). The third-order valence-corrected chi connectivity index (χ3v) is 22.3. The van der Waals surface area contributed by atoms with Crippen LogP contribution in [0.25, 0.3) is 0 Å². The Morgan fingerprint density at radius 2 is 1.22 bits per heavy atom. The summed E-state index contributed by atoms with van der Waals surface area (Å²) in [7, 11) is -5.04. The van der Waals surface area contributed by atoms with Crippen LogP contribution in [0.1, 0.15) is 61.8 Å². The van der Waals surface area contributed by atoms with Gasteiger partial charge in [0.25, 0.3) is 0 Å². The molecule has 0 aromatic rings. The summed E-state index contributed by atoms with van der Waals surface area (Å²) in [6.45, 7) is 38.3. The number of hydrogen-bond acceptors (Lipinski definition) is 4. The van der Waals surface area contributed by atoms with Crippen molar-refractivity contribution in [1.82, 2.24) is 5.32 Å². The second-order valence-corrected chi connectivity index (χ2v) is 30.7. The van der Waals surface area contributed by atoms with E-state index in [2.05, 4.69) is 113 Å². The van der Waals surface area contributed by atoms with Crippen LogP contribution in [-0.4, -0.2) is 63.4 Å². The van der Waals surface area contributed by atoms with Crippen LogP contribution < -0.4 is 5.32 Å². The van der Waals surface area contributed by atoms with Crippen LogP contribution in [0.15, 0.2) is 0 Å². The maximum absolute atomic E-state index is 7.25. The molecule has 0 saturated heterocycles. The summed E-state index contributed by atoms with van der Waals surface area (Å²) in [5.74, 6) is 0. The lowest BCUT2D eigenvalue weighted by Crippen LogP contribution is -2.66. The highest BCUT2D eigenvalue weighted by molar-refractivity contribution is 6.78. The molecular weight excluding hydrogens is 463 g/mol. The summed E-state index contributed by atoms with van der Waals surface area (Å²) in [5.41, 5.74) is -0.321. The standard InChI is InChI=1S/C24H59NO3Si4/c1-21(2,26-31(15,16)24(7,8)28-30(12,13)14)22(3,4)32(17,20-18-19-25-9)27-23(5,6)29(10)11/h25,29H,18-20H2,1-17H3. The highest BCUT2D eigenvalue weighted by atomic mass is 28.4. The van der Waals surface area contributed by atoms with Gasteiger partial charge in [0.05, 0.1) is 19.6 Å². The van der Waals surface area contributed by atoms with Crippen molar-refractivity contribution >= 4 is 33.7 Å². The molecule has 0 aromatic heterocycles. The van der Waals surface area contributed by atoms with Crippen molar-refractivity contribution in [2.75, 3.05) is 13.6 Å². The van der Waals surface area contributed by atoms with Gasteiger partial charge in [-0.1, -0.05) is 26.9 Å². The van der Waals surface area contributed by atoms with Crippen LogP contribution in [-0.2, 0) is 13.3 Å². The topological polar surface area (TPSA) is 39.7 Å². The monoisotopic (exact) mass is 521 g/mol. The average molecular weight is 522 g/mol. The van der Waals surface area contributed by atoms with Gasteiger partial charge in [0, 0.05) is 10.3 Å². The molecule has 0 spiro atoms. The normalized spacial score (nSPS) is 17.1. The average Bonchev–Trinajstić information content (AvgIpc) is 2.50. The SMILES string of the molecule is CNCCC[Si](C)(OC(C)(C)[SiH](C)C)C(C)(C)C(C)(C)O[Si](C)(C)C(C)(C)O[Si](C)(C)C. The lowest BCUT2D eigenvalue weighted by Gasteiger charge is -2.57. The summed E-state index contributed by atoms with van der Waals surface area (Å²) in [4.78, 5) is 0. The Kier molecular flexibility index (Phi) is 11.0. The third kappa shape index (κ3) is 8.14. The van der Waals surface area contributed by atoms with Crippen molar-refractivity contribution in [3.63, 3.8) is 0 Å². The van der Waals surface area contributed by atoms with Gasteiger partial charge < -0.3 is 18.6 Å². The van der Waals surface area contributed by atoms with E-state index in [1.807, 2.05) is 7.05 Å². The summed E-state index contributed by atoms with van der Waals surface area (Å²) in [6.07, 6.45) is 1.14. The van der Waals surface area contributed by atoms with E-state index in [-0.39, 0.29) is 21.1 Å². The fourth-order valence-corrected chi connectivity index (χ4v) is 15.6. The van der Waals surface area contributed by atoms with Gasteiger partial charge >= 0.3 is 0 Å². The highest BCUT2D eigenvalue weighted by Crippen LogP contribution is 2.54. The zero-order chi connectivity index (χ0) is 26.0. The molecule has 32 heavy (non-hydrogen) atoms. The van der Waals surface area contributed by atoms with Crippen LogP contribution in [0.3, 0.4) is 0 Å². The molecule has 0 aliphatic rings. The van der Waals surface area contributed by atoms with E-state index in [0.29, 0.717) is 0 Å². The minimum absolute atomic E-state index is 0.0267. The maximum Gasteiger partial charge on any atom is 0.216 e. The molecule has 8 heteroatoms. The van der Waals surface area contributed by atoms with Gasteiger partial charge in [-0.05, 0) is 107 Å². The Hall–Kier alpha value is 0.708. The van der Waals surface area contributed by atoms with E-state index in [1.165, 1.54) is 0 Å². The van der Waals surface area contributed by atoms with Crippen molar-refractivity contribution < 1.29 is 13.3 Å². The fraction of sp³-hybridized carbons (Fsp3) is 1.00. The molecular formula is C24H59NO3Si4. The molecule has 0 amide bonds. The van der Waals surface area contributed by atoms with E-state index < -0.39 is 33.7 Å². The summed E-state index contributed by atoms with van der Waals surface area (Å²) in [5, 5.41) is 2.98. The lowest BCUT2D eigenvalue weighted by molar-refractivity contribution is 0.0159. The van der Waals surface area contributed by atoms with Crippen LogP contribution >= 0.6 is 0 Å². The maximum atomic E-state index is 7.25. The van der Waals surface area contributed by atoms with Gasteiger partial charge in [0.15, 0.2) is 16.6 Å². The molecule has 0 heterocycles. The predicted molar refractivity (Wildman–Crippen MR) is 154 cm³/mol. The molecule has 0 aliphatic heterocycles. The van der Waals surface area contributed by atoms with E-state index in [9.17, 15) is 0 Å². The van der Waals surface area contributed by atoms with Crippen molar-refractivity contribution in [1.29, 1.82) is 0 Å². The molecule has 0 fully saturated rings. The minimum Gasteiger partial charge on any atom is -0.415 e. The Bertz CT molecular complexity index is 599. The van der Waals surface area contributed by atoms with Gasteiger partial charge in [0.2, 0.25) is 8.32 Å². The van der Waals surface area contributed by atoms with Gasteiger partial charge in [-0.2, -0.15) is 0 Å². The molecule has 0 radical (unpaired) electrons. The van der Waals surface area contributed by atoms with Crippen molar-refractivity contribution in [3.8, 4) is 0 Å². The first-order valence-electron chi connectivity index (χ1n) is 12.6. The molecule has 4 nitrogen and oxygen atoms in total. The van der Waals surface area contributed by atoms with Crippen LogP contribution in [0.4, 0.5) is 0 Å². The lowest BCUT2D eigenvalue weighted by atomic mass is 9.93. The zero-order valence-corrected chi connectivity index (χ0v) is 29.1. The van der Waals surface area contributed by atoms with Crippen molar-refractivity contribution in [2.45, 2.75) is 141 Å². The molecule has 1 unspecified atom stereocenters. The van der Waals surface area contributed by atoms with Gasteiger partial charge in [-0.15, -0.1) is 0 Å². The molecule has 0 bridgehead atoms. The van der Waals surface area contributed by atoms with Gasteiger partial charge in [-0.25, -0.2) is 0 Å². The molecule has 0 aromatic carbocycles. The Morgan fingerprint density at radius 3 is 1.59 bits per heavy atom. The quantitative estimate of drug-likeness (QED) is 0.198. The molecule has 1 atom stereocenters. The number of nitrogens with one attached hydrogen (secondary N) is 1. The second kappa shape index (κ2) is 10.8. The first-order chi connectivity index (χ1) is 13.9. The smallest absolute Gasteiger partial charge is 0.216 e. The van der Waals surface area contributed by atoms with Crippen molar-refractivity contribution in [2.24, 2.45) is 0 Å². The van der Waals surface area contributed by atoms with Crippen molar-refractivity contribution in [3.05, 3.63) is 0 Å². The Labute approximate surface area is 207 Å². The summed E-state index contributed by atoms with van der Waals surface area (Å²) >= 11 is 0. The van der Waals surface area contributed by atoms with E-state index in [4.69, 9.17) is 13.3 Å². The van der Waals surface area contributed by atoms with Crippen LogP contribution in [0.2, 0.25) is 63.5 Å². The summed E-state index contributed by atoms with van der Waals surface area (Å²) < 4.78 is 21.1. The fourth-order valence-electron chi connectivity index (χ4n) is 4.21.